The summed E-state index contributed by atoms with van der Waals surface area (Å²) in [6.07, 6.45) is -10.1. The molecule has 2 aliphatic rings. The van der Waals surface area contributed by atoms with E-state index in [1.807, 2.05) is 0 Å². The zero-order valence-corrected chi connectivity index (χ0v) is 13.1. The van der Waals surface area contributed by atoms with Crippen LogP contribution < -0.4 is 0 Å². The maximum Gasteiger partial charge on any atom is 0.187 e. The Hall–Kier alpha value is -0.360. The van der Waals surface area contributed by atoms with Gasteiger partial charge < -0.3 is 44.8 Å². The lowest BCUT2D eigenvalue weighted by Gasteiger charge is -2.46. The first-order valence-corrected chi connectivity index (χ1v) is 7.72. The van der Waals surface area contributed by atoms with Crippen LogP contribution in [0, 0.1) is 5.92 Å². The molecule has 0 aromatic rings. The number of aliphatic hydroxyl groups is 6. The fourth-order valence-corrected chi connectivity index (χ4v) is 2.96. The van der Waals surface area contributed by atoms with Crippen molar-refractivity contribution in [2.24, 2.45) is 5.92 Å². The van der Waals surface area contributed by atoms with Gasteiger partial charge in [-0.25, -0.2) is 0 Å². The molecule has 0 amide bonds. The quantitative estimate of drug-likeness (QED) is 0.314. The molecule has 9 heteroatoms. The third-order valence-corrected chi connectivity index (χ3v) is 4.69. The van der Waals surface area contributed by atoms with Crippen molar-refractivity contribution in [3.63, 3.8) is 0 Å². The maximum absolute atomic E-state index is 10.3. The molecule has 10 atom stereocenters. The van der Waals surface area contributed by atoms with Crippen LogP contribution in [-0.2, 0) is 14.2 Å². The molecule has 0 saturated carbocycles. The van der Waals surface area contributed by atoms with Gasteiger partial charge in [0.05, 0.1) is 25.4 Å². The van der Waals surface area contributed by atoms with Gasteiger partial charge in [0.15, 0.2) is 6.29 Å². The van der Waals surface area contributed by atoms with Crippen molar-refractivity contribution in [2.45, 2.75) is 69.0 Å². The summed E-state index contributed by atoms with van der Waals surface area (Å²) >= 11 is 0. The van der Waals surface area contributed by atoms with Gasteiger partial charge >= 0.3 is 0 Å². The van der Waals surface area contributed by atoms with Crippen molar-refractivity contribution < 1.29 is 44.8 Å². The fraction of sp³-hybridized carbons (Fsp3) is 1.00. The van der Waals surface area contributed by atoms with Gasteiger partial charge in [0, 0.05) is 5.92 Å². The average molecular weight is 338 g/mol. The molecule has 2 heterocycles. The van der Waals surface area contributed by atoms with Crippen LogP contribution in [0.2, 0.25) is 0 Å². The van der Waals surface area contributed by atoms with E-state index in [0.717, 1.165) is 0 Å². The lowest BCUT2D eigenvalue weighted by Crippen LogP contribution is -2.62. The molecule has 2 rings (SSSR count). The molecule has 23 heavy (non-hydrogen) atoms. The molecule has 2 fully saturated rings. The van der Waals surface area contributed by atoms with Crippen LogP contribution in [-0.4, -0.2) is 99.0 Å². The number of rotatable bonds is 4. The smallest absolute Gasteiger partial charge is 0.187 e. The van der Waals surface area contributed by atoms with Crippen molar-refractivity contribution in [2.75, 3.05) is 13.2 Å². The molecule has 4 unspecified atom stereocenters. The van der Waals surface area contributed by atoms with E-state index in [-0.39, 0.29) is 12.0 Å². The van der Waals surface area contributed by atoms with Crippen molar-refractivity contribution in [3.05, 3.63) is 0 Å². The number of hydrogen-bond acceptors (Lipinski definition) is 9. The Morgan fingerprint density at radius 2 is 1.35 bits per heavy atom. The Morgan fingerprint density at radius 3 is 1.91 bits per heavy atom. The van der Waals surface area contributed by atoms with Crippen LogP contribution in [0.25, 0.3) is 0 Å². The van der Waals surface area contributed by atoms with Crippen LogP contribution in [0.1, 0.15) is 13.8 Å². The SMILES string of the molecule is C[C@@H]1OC(CO)[C@H](O)C(O[C@@H]2OC(CO)[C@H](O)C(O)[C@H]2O)[C@H]1C. The monoisotopic (exact) mass is 338 g/mol. The highest BCUT2D eigenvalue weighted by Crippen LogP contribution is 2.31. The maximum atomic E-state index is 10.3. The van der Waals surface area contributed by atoms with Gasteiger partial charge in [-0.1, -0.05) is 6.92 Å². The molecular formula is C14H26O9. The first-order valence-electron chi connectivity index (χ1n) is 7.72. The summed E-state index contributed by atoms with van der Waals surface area (Å²) in [6.45, 7) is 2.58. The molecule has 0 aliphatic carbocycles. The Morgan fingerprint density at radius 1 is 0.783 bits per heavy atom. The summed E-state index contributed by atoms with van der Waals surface area (Å²) < 4.78 is 16.4. The predicted octanol–water partition coefficient (Wildman–Crippen LogP) is -3.05. The predicted molar refractivity (Wildman–Crippen MR) is 75.2 cm³/mol. The Balaban J connectivity index is 2.11. The highest BCUT2D eigenvalue weighted by atomic mass is 16.7. The van der Waals surface area contributed by atoms with Crippen LogP contribution in [0.15, 0.2) is 0 Å². The van der Waals surface area contributed by atoms with Crippen molar-refractivity contribution in [1.29, 1.82) is 0 Å². The second kappa shape index (κ2) is 7.68. The second-order valence-corrected chi connectivity index (χ2v) is 6.21. The third-order valence-electron chi connectivity index (χ3n) is 4.69. The minimum Gasteiger partial charge on any atom is -0.394 e. The fourth-order valence-electron chi connectivity index (χ4n) is 2.96. The minimum absolute atomic E-state index is 0.278. The van der Waals surface area contributed by atoms with E-state index >= 15 is 0 Å². The van der Waals surface area contributed by atoms with Crippen LogP contribution in [0.5, 0.6) is 0 Å². The van der Waals surface area contributed by atoms with Gasteiger partial charge in [-0.2, -0.15) is 0 Å². The molecule has 136 valence electrons. The molecule has 0 bridgehead atoms. The highest BCUT2D eigenvalue weighted by molar-refractivity contribution is 4.93. The summed E-state index contributed by atoms with van der Waals surface area (Å²) in [4.78, 5) is 0. The summed E-state index contributed by atoms with van der Waals surface area (Å²) in [5.74, 6) is -0.278. The van der Waals surface area contributed by atoms with E-state index in [0.29, 0.717) is 0 Å². The molecule has 2 saturated heterocycles. The number of aliphatic hydroxyl groups excluding tert-OH is 6. The van der Waals surface area contributed by atoms with Crippen molar-refractivity contribution in [1.82, 2.24) is 0 Å². The number of ether oxygens (including phenoxy) is 3. The lowest BCUT2D eigenvalue weighted by atomic mass is 9.88. The topological polar surface area (TPSA) is 149 Å². The summed E-state index contributed by atoms with van der Waals surface area (Å²) in [5, 5.41) is 58.3. The largest absolute Gasteiger partial charge is 0.394 e. The molecule has 6 N–H and O–H groups in total. The first-order chi connectivity index (χ1) is 10.8. The molecule has 9 nitrogen and oxygen atoms in total. The minimum atomic E-state index is -1.55. The second-order valence-electron chi connectivity index (χ2n) is 6.21. The van der Waals surface area contributed by atoms with Crippen molar-refractivity contribution >= 4 is 0 Å². The lowest BCUT2D eigenvalue weighted by molar-refractivity contribution is -0.335. The Bertz CT molecular complexity index is 379. The first kappa shape index (κ1) is 19.0. The zero-order valence-electron chi connectivity index (χ0n) is 13.1. The van der Waals surface area contributed by atoms with Gasteiger partial charge in [-0.15, -0.1) is 0 Å². The standard InChI is InChI=1S/C14H26O9/c1-5-6(2)21-8(4-16)10(18)13(5)23-14-12(20)11(19)9(17)7(3-15)22-14/h5-20H,3-4H2,1-2H3/t5-,6-,7?,8?,9-,10-,11?,12+,13?,14-/m0/s1. The third kappa shape index (κ3) is 3.68. The summed E-state index contributed by atoms with van der Waals surface area (Å²) in [6, 6.07) is 0. The van der Waals surface area contributed by atoms with Gasteiger partial charge in [0.25, 0.3) is 0 Å². The Labute approximate surface area is 134 Å². The normalized spacial score (nSPS) is 51.7. The Kier molecular flexibility index (Phi) is 6.34. The van der Waals surface area contributed by atoms with Crippen LogP contribution in [0.4, 0.5) is 0 Å². The molecular weight excluding hydrogens is 312 g/mol. The zero-order chi connectivity index (χ0) is 17.3. The van der Waals surface area contributed by atoms with E-state index in [1.165, 1.54) is 0 Å². The van der Waals surface area contributed by atoms with Gasteiger partial charge in [-0.3, -0.25) is 0 Å². The molecule has 0 aromatic carbocycles. The van der Waals surface area contributed by atoms with E-state index in [9.17, 15) is 30.6 Å². The van der Waals surface area contributed by atoms with Gasteiger partial charge in [0.2, 0.25) is 0 Å². The van der Waals surface area contributed by atoms with E-state index in [2.05, 4.69) is 0 Å². The van der Waals surface area contributed by atoms with E-state index in [4.69, 9.17) is 14.2 Å². The van der Waals surface area contributed by atoms with Crippen LogP contribution >= 0.6 is 0 Å². The number of hydrogen-bond donors (Lipinski definition) is 6. The van der Waals surface area contributed by atoms with Crippen molar-refractivity contribution in [3.8, 4) is 0 Å². The van der Waals surface area contributed by atoms with Gasteiger partial charge in [0.1, 0.15) is 36.6 Å². The average Bonchev–Trinajstić information content (AvgIpc) is 2.54. The molecule has 0 spiro atoms. The molecule has 0 radical (unpaired) electrons. The summed E-state index contributed by atoms with van der Waals surface area (Å²) in [5.41, 5.74) is 0. The van der Waals surface area contributed by atoms with Gasteiger partial charge in [-0.05, 0) is 6.92 Å². The highest BCUT2D eigenvalue weighted by Gasteiger charge is 2.48. The summed E-state index contributed by atoms with van der Waals surface area (Å²) in [7, 11) is 0. The molecule has 0 aromatic heterocycles. The van der Waals surface area contributed by atoms with E-state index < -0.39 is 62.2 Å². The van der Waals surface area contributed by atoms with Crippen LogP contribution in [0.3, 0.4) is 0 Å². The van der Waals surface area contributed by atoms with E-state index in [1.54, 1.807) is 13.8 Å². The molecule has 2 aliphatic heterocycles.